The molecular weight excluding hydrogens is 254 g/mol. The van der Waals surface area contributed by atoms with E-state index in [1.54, 1.807) is 4.68 Å². The van der Waals surface area contributed by atoms with E-state index in [0.29, 0.717) is 12.2 Å². The summed E-state index contributed by atoms with van der Waals surface area (Å²) < 4.78 is 1.62. The smallest absolute Gasteiger partial charge is 0.375 e. The molecule has 0 aliphatic rings. The van der Waals surface area contributed by atoms with Gasteiger partial charge in [-0.2, -0.15) is 0 Å². The molecule has 100 valence electrons. The van der Waals surface area contributed by atoms with Gasteiger partial charge < -0.3 is 5.11 Å². The Morgan fingerprint density at radius 1 is 1.20 bits per heavy atom. The molecule has 0 aliphatic carbocycles. The fourth-order valence-corrected chi connectivity index (χ4v) is 2.25. The number of aryl methyl sites for hydroxylation is 1. The normalized spacial score (nSPS) is 10.8. The van der Waals surface area contributed by atoms with Crippen LogP contribution in [0.25, 0.3) is 16.5 Å². The van der Waals surface area contributed by atoms with E-state index < -0.39 is 5.97 Å². The van der Waals surface area contributed by atoms with Gasteiger partial charge in [-0.3, -0.25) is 0 Å². The van der Waals surface area contributed by atoms with Crippen LogP contribution in [-0.2, 0) is 6.42 Å². The Balaban J connectivity index is 2.28. The van der Waals surface area contributed by atoms with E-state index in [9.17, 15) is 4.79 Å². The standard InChI is InChI=1S/C15H13N3O2/c1-2-13-16-14(15(19)20)17-18(13)12-9-5-7-10-6-3-4-8-11(10)12/h3-9H,2H2,1H3,(H,19,20). The number of carboxylic acids is 1. The Labute approximate surface area is 115 Å². The molecule has 0 saturated heterocycles. The van der Waals surface area contributed by atoms with Gasteiger partial charge in [0, 0.05) is 11.8 Å². The lowest BCUT2D eigenvalue weighted by Gasteiger charge is -2.08. The summed E-state index contributed by atoms with van der Waals surface area (Å²) >= 11 is 0. The minimum Gasteiger partial charge on any atom is -0.475 e. The molecule has 1 N–H and O–H groups in total. The van der Waals surface area contributed by atoms with Crippen molar-refractivity contribution in [3.63, 3.8) is 0 Å². The van der Waals surface area contributed by atoms with Crippen LogP contribution in [0.2, 0.25) is 0 Å². The van der Waals surface area contributed by atoms with Gasteiger partial charge in [0.2, 0.25) is 0 Å². The van der Waals surface area contributed by atoms with Crippen LogP contribution in [-0.4, -0.2) is 25.8 Å². The zero-order valence-electron chi connectivity index (χ0n) is 10.9. The predicted molar refractivity (Wildman–Crippen MR) is 75.2 cm³/mol. The number of hydrogen-bond donors (Lipinski definition) is 1. The Hall–Kier alpha value is -2.69. The zero-order chi connectivity index (χ0) is 14.1. The third-order valence-corrected chi connectivity index (χ3v) is 3.18. The van der Waals surface area contributed by atoms with Gasteiger partial charge in [-0.25, -0.2) is 14.5 Å². The van der Waals surface area contributed by atoms with Crippen molar-refractivity contribution in [2.24, 2.45) is 0 Å². The fourth-order valence-electron chi connectivity index (χ4n) is 2.25. The topological polar surface area (TPSA) is 68.0 Å². The molecule has 5 nitrogen and oxygen atoms in total. The average molecular weight is 267 g/mol. The van der Waals surface area contributed by atoms with Gasteiger partial charge in [0.25, 0.3) is 5.82 Å². The molecular formula is C15H13N3O2. The van der Waals surface area contributed by atoms with Gasteiger partial charge in [0.1, 0.15) is 5.82 Å². The van der Waals surface area contributed by atoms with Crippen LogP contribution < -0.4 is 0 Å². The molecule has 1 heterocycles. The molecule has 0 aliphatic heterocycles. The van der Waals surface area contributed by atoms with Crippen LogP contribution >= 0.6 is 0 Å². The largest absolute Gasteiger partial charge is 0.475 e. The number of carbonyl (C=O) groups is 1. The number of aromatic carboxylic acids is 1. The lowest BCUT2D eigenvalue weighted by atomic mass is 10.1. The van der Waals surface area contributed by atoms with Crippen molar-refractivity contribution in [2.45, 2.75) is 13.3 Å². The predicted octanol–water partition coefficient (Wildman–Crippen LogP) is 2.68. The highest BCUT2D eigenvalue weighted by molar-refractivity contribution is 5.90. The number of fused-ring (bicyclic) bond motifs is 1. The third-order valence-electron chi connectivity index (χ3n) is 3.18. The minimum atomic E-state index is -1.11. The summed E-state index contributed by atoms with van der Waals surface area (Å²) in [6.45, 7) is 1.93. The second-order valence-electron chi connectivity index (χ2n) is 4.42. The highest BCUT2D eigenvalue weighted by Crippen LogP contribution is 2.22. The quantitative estimate of drug-likeness (QED) is 0.792. The Bertz CT molecular complexity index is 787. The van der Waals surface area contributed by atoms with Crippen molar-refractivity contribution in [1.82, 2.24) is 14.8 Å². The first-order valence-corrected chi connectivity index (χ1v) is 6.38. The molecule has 3 rings (SSSR count). The highest BCUT2D eigenvalue weighted by Gasteiger charge is 2.16. The van der Waals surface area contributed by atoms with Crippen LogP contribution in [0.1, 0.15) is 23.4 Å². The average Bonchev–Trinajstić information content (AvgIpc) is 2.91. The van der Waals surface area contributed by atoms with Gasteiger partial charge in [-0.15, -0.1) is 5.10 Å². The first-order chi connectivity index (χ1) is 9.70. The lowest BCUT2D eigenvalue weighted by Crippen LogP contribution is -2.04. The number of aromatic nitrogens is 3. The summed E-state index contributed by atoms with van der Waals surface area (Å²) in [5.41, 5.74) is 0.847. The number of rotatable bonds is 3. The van der Waals surface area contributed by atoms with Gasteiger partial charge in [-0.05, 0) is 11.5 Å². The van der Waals surface area contributed by atoms with Crippen LogP contribution in [0.3, 0.4) is 0 Å². The van der Waals surface area contributed by atoms with Crippen molar-refractivity contribution in [3.8, 4) is 5.69 Å². The van der Waals surface area contributed by atoms with Crippen molar-refractivity contribution in [1.29, 1.82) is 0 Å². The van der Waals surface area contributed by atoms with Crippen molar-refractivity contribution in [2.75, 3.05) is 0 Å². The molecule has 0 saturated carbocycles. The molecule has 0 bridgehead atoms. The molecule has 3 aromatic rings. The highest BCUT2D eigenvalue weighted by atomic mass is 16.4. The molecule has 20 heavy (non-hydrogen) atoms. The number of benzene rings is 2. The second-order valence-corrected chi connectivity index (χ2v) is 4.42. The molecule has 0 unspecified atom stereocenters. The molecule has 5 heteroatoms. The van der Waals surface area contributed by atoms with Gasteiger partial charge in [0.15, 0.2) is 0 Å². The maximum atomic E-state index is 11.0. The molecule has 0 radical (unpaired) electrons. The van der Waals surface area contributed by atoms with Crippen LogP contribution in [0, 0.1) is 0 Å². The summed E-state index contributed by atoms with van der Waals surface area (Å²) in [4.78, 5) is 15.1. The van der Waals surface area contributed by atoms with E-state index >= 15 is 0 Å². The Morgan fingerprint density at radius 3 is 2.70 bits per heavy atom. The first-order valence-electron chi connectivity index (χ1n) is 6.38. The maximum absolute atomic E-state index is 11.0. The maximum Gasteiger partial charge on any atom is 0.375 e. The third kappa shape index (κ3) is 1.93. The fraction of sp³-hybridized carbons (Fsp3) is 0.133. The summed E-state index contributed by atoms with van der Waals surface area (Å²) in [6.07, 6.45) is 0.615. The Kier molecular flexibility index (Phi) is 2.95. The zero-order valence-corrected chi connectivity index (χ0v) is 10.9. The van der Waals surface area contributed by atoms with Crippen LogP contribution in [0.5, 0.6) is 0 Å². The van der Waals surface area contributed by atoms with E-state index in [1.165, 1.54) is 0 Å². The minimum absolute atomic E-state index is 0.171. The lowest BCUT2D eigenvalue weighted by molar-refractivity contribution is 0.0683. The molecule has 0 fully saturated rings. The van der Waals surface area contributed by atoms with Crippen LogP contribution in [0.15, 0.2) is 42.5 Å². The van der Waals surface area contributed by atoms with Gasteiger partial charge >= 0.3 is 5.97 Å². The summed E-state index contributed by atoms with van der Waals surface area (Å²) in [6, 6.07) is 13.8. The molecule has 1 aromatic heterocycles. The van der Waals surface area contributed by atoms with E-state index in [0.717, 1.165) is 16.5 Å². The van der Waals surface area contributed by atoms with E-state index in [-0.39, 0.29) is 5.82 Å². The van der Waals surface area contributed by atoms with Crippen molar-refractivity contribution < 1.29 is 9.90 Å². The van der Waals surface area contributed by atoms with Crippen molar-refractivity contribution in [3.05, 3.63) is 54.1 Å². The van der Waals surface area contributed by atoms with Crippen molar-refractivity contribution >= 4 is 16.7 Å². The van der Waals surface area contributed by atoms with E-state index in [2.05, 4.69) is 10.1 Å². The van der Waals surface area contributed by atoms with Gasteiger partial charge in [0.05, 0.1) is 5.69 Å². The summed E-state index contributed by atoms with van der Waals surface area (Å²) in [7, 11) is 0. The van der Waals surface area contributed by atoms with E-state index in [1.807, 2.05) is 49.4 Å². The van der Waals surface area contributed by atoms with Crippen LogP contribution in [0.4, 0.5) is 0 Å². The summed E-state index contributed by atoms with van der Waals surface area (Å²) in [5.74, 6) is -0.646. The number of carboxylic acid groups (broad SMARTS) is 1. The molecule has 2 aromatic carbocycles. The SMILES string of the molecule is CCc1nc(C(=O)O)nn1-c1cccc2ccccc12. The van der Waals surface area contributed by atoms with Gasteiger partial charge in [-0.1, -0.05) is 43.3 Å². The first kappa shape index (κ1) is 12.3. The number of nitrogens with zero attached hydrogens (tertiary/aromatic N) is 3. The van der Waals surface area contributed by atoms with E-state index in [4.69, 9.17) is 5.11 Å². The monoisotopic (exact) mass is 267 g/mol. The summed E-state index contributed by atoms with van der Waals surface area (Å²) in [5, 5.41) is 15.2. The second kappa shape index (κ2) is 4.77. The molecule has 0 amide bonds. The number of hydrogen-bond acceptors (Lipinski definition) is 3. The molecule has 0 spiro atoms. The molecule has 0 atom stereocenters. The Morgan fingerprint density at radius 2 is 1.95 bits per heavy atom.